The predicted molar refractivity (Wildman–Crippen MR) is 36.6 cm³/mol. The first-order valence-corrected chi connectivity index (χ1v) is 2.87. The van der Waals surface area contributed by atoms with Gasteiger partial charge in [0.25, 0.3) is 0 Å². The Labute approximate surface area is 68.1 Å². The molecule has 1 aromatic heterocycles. The van der Waals surface area contributed by atoms with E-state index in [1.807, 2.05) is 0 Å². The molecule has 0 unspecified atom stereocenters. The topological polar surface area (TPSA) is 12.9 Å². The highest BCUT2D eigenvalue weighted by molar-refractivity contribution is 9.10. The minimum absolute atomic E-state index is 0.357. The van der Waals surface area contributed by atoms with E-state index < -0.39 is 30.4 Å². The summed E-state index contributed by atoms with van der Waals surface area (Å²) in [5, 5.41) is 0. The van der Waals surface area contributed by atoms with Crippen LogP contribution in [0.3, 0.4) is 0 Å². The fourth-order valence-electron chi connectivity index (χ4n) is 0.341. The molecule has 1 aromatic rings. The van der Waals surface area contributed by atoms with Crippen molar-refractivity contribution in [1.29, 1.82) is 0 Å². The second-order valence-electron chi connectivity index (χ2n) is 1.32. The van der Waals surface area contributed by atoms with Crippen LogP contribution in [0.1, 0.15) is 12.5 Å². The summed E-state index contributed by atoms with van der Waals surface area (Å²) in [6, 6.07) is -1.47. The summed E-state index contributed by atoms with van der Waals surface area (Å²) in [5.74, 6) is -1.02. The van der Waals surface area contributed by atoms with Crippen molar-refractivity contribution >= 4 is 15.9 Å². The molecule has 0 radical (unpaired) electrons. The normalized spacial score (nSPS) is 19.1. The van der Waals surface area contributed by atoms with Gasteiger partial charge in [-0.25, -0.2) is 9.37 Å². The van der Waals surface area contributed by atoms with Crippen molar-refractivity contribution < 1.29 is 11.2 Å². The number of aryl methyl sites for hydroxylation is 1. The molecule has 9 heavy (non-hydrogen) atoms. The lowest BCUT2D eigenvalue weighted by Crippen LogP contribution is -1.84. The Morgan fingerprint density at radius 3 is 3.33 bits per heavy atom. The molecule has 0 fully saturated rings. The van der Waals surface area contributed by atoms with Crippen LogP contribution in [0, 0.1) is 12.7 Å². The molecule has 0 atom stereocenters. The molecule has 0 aliphatic rings. The van der Waals surface area contributed by atoms with E-state index in [2.05, 4.69) is 20.9 Å². The summed E-state index contributed by atoms with van der Waals surface area (Å²) in [5.41, 5.74) is -0.573. The van der Waals surface area contributed by atoms with Crippen molar-refractivity contribution in [2.45, 2.75) is 6.85 Å². The van der Waals surface area contributed by atoms with Gasteiger partial charge in [-0.1, -0.05) is 0 Å². The van der Waals surface area contributed by atoms with Crippen LogP contribution in [0.15, 0.2) is 16.7 Å². The number of aromatic nitrogens is 1. The van der Waals surface area contributed by atoms with Crippen LogP contribution < -0.4 is 0 Å². The molecular formula is C6H5BrFN. The number of halogens is 2. The Morgan fingerprint density at radius 2 is 2.67 bits per heavy atom. The van der Waals surface area contributed by atoms with Crippen LogP contribution >= 0.6 is 15.9 Å². The maximum Gasteiger partial charge on any atom is 0.155 e. The zero-order valence-electron chi connectivity index (χ0n) is 9.20. The monoisotopic (exact) mass is 194 g/mol. The summed E-state index contributed by atoms with van der Waals surface area (Å²) < 4.78 is 47.9. The van der Waals surface area contributed by atoms with Gasteiger partial charge < -0.3 is 0 Å². The summed E-state index contributed by atoms with van der Waals surface area (Å²) >= 11 is 2.68. The van der Waals surface area contributed by atoms with Crippen molar-refractivity contribution in [1.82, 2.24) is 4.98 Å². The van der Waals surface area contributed by atoms with Gasteiger partial charge in [0.1, 0.15) is 4.60 Å². The van der Waals surface area contributed by atoms with Gasteiger partial charge in [0, 0.05) is 9.81 Å². The second kappa shape index (κ2) is 2.43. The first-order valence-electron chi connectivity index (χ1n) is 4.58. The Morgan fingerprint density at radius 1 is 1.89 bits per heavy atom. The number of hydrogen-bond donors (Lipinski definition) is 0. The number of pyridine rings is 1. The van der Waals surface area contributed by atoms with Crippen LogP contribution in [0.2, 0.25) is 0 Å². The first-order chi connectivity index (χ1) is 6.25. The molecule has 0 aliphatic carbocycles. The summed E-state index contributed by atoms with van der Waals surface area (Å²) in [7, 11) is 0. The van der Waals surface area contributed by atoms with E-state index in [9.17, 15) is 4.39 Å². The van der Waals surface area contributed by atoms with Gasteiger partial charge in [-0.05, 0) is 34.9 Å². The highest BCUT2D eigenvalue weighted by atomic mass is 79.9. The van der Waals surface area contributed by atoms with Crippen LogP contribution in [0.4, 0.5) is 4.39 Å². The number of hydrogen-bond acceptors (Lipinski definition) is 1. The predicted octanol–water partition coefficient (Wildman–Crippen LogP) is 2.29. The lowest BCUT2D eigenvalue weighted by Gasteiger charge is -1.92. The quantitative estimate of drug-likeness (QED) is 0.578. The van der Waals surface area contributed by atoms with Crippen molar-refractivity contribution in [2.75, 3.05) is 0 Å². The molecule has 48 valence electrons. The lowest BCUT2D eigenvalue weighted by atomic mass is 10.4. The maximum absolute atomic E-state index is 13.0. The number of rotatable bonds is 0. The molecule has 0 bridgehead atoms. The highest BCUT2D eigenvalue weighted by Crippen LogP contribution is 2.11. The molecule has 1 rings (SSSR count). The van der Waals surface area contributed by atoms with Gasteiger partial charge in [0.15, 0.2) is 5.82 Å². The van der Waals surface area contributed by atoms with Crippen LogP contribution in [0.25, 0.3) is 0 Å². The zero-order chi connectivity index (χ0) is 11.1. The standard InChI is InChI=1S/C6H5BrFN/c1-4-2-3-5(8)6(7)9-4/h2-3H,1H3/i1D3,2D,3D. The molecule has 1 heterocycles. The Kier molecular flexibility index (Phi) is 0.720. The average molecular weight is 195 g/mol. The Balaban J connectivity index is 3.49. The third kappa shape index (κ3) is 1.48. The average Bonchev–Trinajstić information content (AvgIpc) is 2.06. The molecule has 0 aromatic carbocycles. The van der Waals surface area contributed by atoms with Gasteiger partial charge in [-0.15, -0.1) is 0 Å². The summed E-state index contributed by atoms with van der Waals surface area (Å²) in [4.78, 5) is 3.38. The largest absolute Gasteiger partial charge is 0.243 e. The second-order valence-corrected chi connectivity index (χ2v) is 2.07. The van der Waals surface area contributed by atoms with E-state index in [0.29, 0.717) is 0 Å². The minimum atomic E-state index is -2.61. The van der Waals surface area contributed by atoms with Gasteiger partial charge >= 0.3 is 0 Å². The molecule has 0 saturated heterocycles. The third-order valence-electron chi connectivity index (χ3n) is 0.682. The molecule has 0 spiro atoms. The molecule has 0 aliphatic heterocycles. The van der Waals surface area contributed by atoms with Crippen LogP contribution in [-0.2, 0) is 0 Å². The van der Waals surface area contributed by atoms with Gasteiger partial charge in [-0.3, -0.25) is 0 Å². The van der Waals surface area contributed by atoms with E-state index in [4.69, 9.17) is 6.85 Å². The molecule has 0 amide bonds. The molecule has 3 heteroatoms. The third-order valence-corrected chi connectivity index (χ3v) is 1.21. The van der Waals surface area contributed by atoms with Crippen molar-refractivity contribution in [3.05, 3.63) is 28.2 Å². The smallest absolute Gasteiger partial charge is 0.155 e. The molecule has 1 nitrogen and oxygen atoms in total. The summed E-state index contributed by atoms with van der Waals surface area (Å²) in [6.07, 6.45) is 0. The van der Waals surface area contributed by atoms with E-state index in [1.54, 1.807) is 0 Å². The van der Waals surface area contributed by atoms with Gasteiger partial charge in [0.2, 0.25) is 0 Å². The van der Waals surface area contributed by atoms with Gasteiger partial charge in [-0.2, -0.15) is 0 Å². The Bertz CT molecular complexity index is 377. The minimum Gasteiger partial charge on any atom is -0.243 e. The van der Waals surface area contributed by atoms with Crippen LogP contribution in [-0.4, -0.2) is 4.98 Å². The molecule has 0 N–H and O–H groups in total. The fourth-order valence-corrected chi connectivity index (χ4v) is 0.617. The van der Waals surface area contributed by atoms with E-state index in [1.165, 1.54) is 0 Å². The van der Waals surface area contributed by atoms with Crippen molar-refractivity contribution in [3.63, 3.8) is 0 Å². The highest BCUT2D eigenvalue weighted by Gasteiger charge is 1.96. The maximum atomic E-state index is 13.0. The first kappa shape index (κ1) is 2.66. The molecular weight excluding hydrogens is 185 g/mol. The Hall–Kier alpha value is -0.440. The van der Waals surface area contributed by atoms with Crippen LogP contribution in [0.5, 0.6) is 0 Å². The van der Waals surface area contributed by atoms with E-state index in [0.717, 1.165) is 0 Å². The summed E-state index contributed by atoms with van der Waals surface area (Å²) in [6.45, 7) is -2.61. The molecule has 0 saturated carbocycles. The number of nitrogens with zero attached hydrogens (tertiary/aromatic N) is 1. The lowest BCUT2D eigenvalue weighted by molar-refractivity contribution is 0.611. The van der Waals surface area contributed by atoms with Gasteiger partial charge in [0.05, 0.1) is 2.74 Å². The zero-order valence-corrected chi connectivity index (χ0v) is 5.79. The van der Waals surface area contributed by atoms with E-state index >= 15 is 0 Å². The SMILES string of the molecule is [2H]c1c(C([2H])([2H])[2H])nc(Br)c(F)c1[2H]. The fraction of sp³-hybridized carbons (Fsp3) is 0.167. The van der Waals surface area contributed by atoms with E-state index in [-0.39, 0.29) is 4.60 Å². The van der Waals surface area contributed by atoms with Crippen molar-refractivity contribution in [2.24, 2.45) is 0 Å². The van der Waals surface area contributed by atoms with Crippen molar-refractivity contribution in [3.8, 4) is 0 Å².